The fourth-order valence-electron chi connectivity index (χ4n) is 2.87. The topological polar surface area (TPSA) is 145 Å². The number of esters is 1. The Morgan fingerprint density at radius 2 is 1.61 bits per heavy atom. The Labute approximate surface area is 191 Å². The van der Waals surface area contributed by atoms with E-state index in [0.717, 1.165) is 17.0 Å². The number of hydrogen-bond acceptors (Lipinski definition) is 8. The number of benzene rings is 1. The maximum absolute atomic E-state index is 12.3. The molecule has 2 aromatic heterocycles. The van der Waals surface area contributed by atoms with Crippen LogP contribution in [0, 0.1) is 27.7 Å². The molecule has 12 heteroatoms. The van der Waals surface area contributed by atoms with Crippen LogP contribution in [0.4, 0.5) is 5.82 Å². The van der Waals surface area contributed by atoms with Gasteiger partial charge in [0.15, 0.2) is 6.61 Å². The largest absolute Gasteiger partial charge is 0.455 e. The fraction of sp³-hybridized carbons (Fsp3) is 0.286. The van der Waals surface area contributed by atoms with Crippen molar-refractivity contribution in [1.29, 1.82) is 0 Å². The van der Waals surface area contributed by atoms with Gasteiger partial charge in [0.25, 0.3) is 11.9 Å². The molecule has 0 saturated heterocycles. The van der Waals surface area contributed by atoms with Gasteiger partial charge >= 0.3 is 5.97 Å². The first-order valence-electron chi connectivity index (χ1n) is 9.94. The maximum Gasteiger partial charge on any atom is 0.321 e. The van der Waals surface area contributed by atoms with E-state index in [0.29, 0.717) is 17.5 Å². The molecule has 174 valence electrons. The van der Waals surface area contributed by atoms with Crippen LogP contribution in [0.5, 0.6) is 0 Å². The molecule has 0 bridgehead atoms. The molecule has 1 aromatic carbocycles. The Hall–Kier alpha value is -3.64. The van der Waals surface area contributed by atoms with Crippen molar-refractivity contribution in [3.8, 4) is 5.95 Å². The number of nitrogens with zero attached hydrogens (tertiary/aromatic N) is 4. The summed E-state index contributed by atoms with van der Waals surface area (Å²) in [6.07, 6.45) is 0. The highest BCUT2D eigenvalue weighted by Crippen LogP contribution is 2.15. The molecule has 0 aliphatic carbocycles. The Bertz CT molecular complexity index is 1260. The van der Waals surface area contributed by atoms with Gasteiger partial charge < -0.3 is 10.1 Å². The molecule has 0 atom stereocenters. The van der Waals surface area contributed by atoms with E-state index in [1.807, 2.05) is 26.8 Å². The molecule has 0 saturated carbocycles. The average molecular weight is 473 g/mol. The van der Waals surface area contributed by atoms with Crippen LogP contribution in [0.1, 0.15) is 22.6 Å². The lowest BCUT2D eigenvalue weighted by molar-refractivity contribution is -0.146. The second-order valence-electron chi connectivity index (χ2n) is 7.38. The van der Waals surface area contributed by atoms with Crippen molar-refractivity contribution in [2.75, 3.05) is 18.5 Å². The highest BCUT2D eigenvalue weighted by atomic mass is 32.2. The lowest BCUT2D eigenvalue weighted by Gasteiger charge is -2.10. The second kappa shape index (κ2) is 9.88. The van der Waals surface area contributed by atoms with Crippen molar-refractivity contribution in [2.45, 2.75) is 32.6 Å². The van der Waals surface area contributed by atoms with Gasteiger partial charge in [0, 0.05) is 17.5 Å². The Balaban J connectivity index is 1.56. The summed E-state index contributed by atoms with van der Waals surface area (Å²) < 4.78 is 32.9. The molecule has 2 N–H and O–H groups in total. The highest BCUT2D eigenvalue weighted by molar-refractivity contribution is 7.89. The van der Waals surface area contributed by atoms with Crippen LogP contribution in [-0.4, -0.2) is 53.2 Å². The summed E-state index contributed by atoms with van der Waals surface area (Å²) >= 11 is 0. The molecule has 3 aromatic rings. The molecule has 0 unspecified atom stereocenters. The van der Waals surface area contributed by atoms with Crippen LogP contribution in [-0.2, 0) is 24.3 Å². The smallest absolute Gasteiger partial charge is 0.321 e. The number of sulfonamides is 1. The van der Waals surface area contributed by atoms with Crippen molar-refractivity contribution < 1.29 is 22.7 Å². The zero-order valence-electron chi connectivity index (χ0n) is 18.6. The number of aromatic nitrogens is 4. The summed E-state index contributed by atoms with van der Waals surface area (Å²) in [6.45, 7) is 5.99. The monoisotopic (exact) mass is 472 g/mol. The molecule has 11 nitrogen and oxygen atoms in total. The minimum absolute atomic E-state index is 0.0240. The van der Waals surface area contributed by atoms with E-state index in [9.17, 15) is 18.0 Å². The number of ether oxygens (including phenoxy) is 1. The lowest BCUT2D eigenvalue weighted by Crippen LogP contribution is -2.32. The third kappa shape index (κ3) is 6.43. The summed E-state index contributed by atoms with van der Waals surface area (Å²) in [5, 5.41) is 6.89. The summed E-state index contributed by atoms with van der Waals surface area (Å²) in [5.41, 5.74) is 3.01. The summed E-state index contributed by atoms with van der Waals surface area (Å²) in [6, 6.07) is 9.59. The SMILES string of the molecule is Cc1ccc(S(=O)(=O)NCC(=O)OCC(=O)Nc2cc(C)nn2-c2nc(C)cc(C)n2)cc1. The highest BCUT2D eigenvalue weighted by Gasteiger charge is 2.18. The summed E-state index contributed by atoms with van der Waals surface area (Å²) in [5.74, 6) is -0.935. The van der Waals surface area contributed by atoms with Crippen molar-refractivity contribution in [2.24, 2.45) is 0 Å². The van der Waals surface area contributed by atoms with Crippen LogP contribution in [0.3, 0.4) is 0 Å². The molecular weight excluding hydrogens is 448 g/mol. The number of amides is 1. The molecular formula is C21H24N6O5S. The van der Waals surface area contributed by atoms with Gasteiger partial charge in [-0.25, -0.2) is 18.4 Å². The van der Waals surface area contributed by atoms with Crippen LogP contribution in [0.25, 0.3) is 5.95 Å². The molecule has 33 heavy (non-hydrogen) atoms. The quantitative estimate of drug-likeness (QED) is 0.468. The molecule has 0 aliphatic heterocycles. The van der Waals surface area contributed by atoms with E-state index in [4.69, 9.17) is 4.74 Å². The van der Waals surface area contributed by atoms with Crippen molar-refractivity contribution in [1.82, 2.24) is 24.5 Å². The molecule has 0 aliphatic rings. The molecule has 3 rings (SSSR count). The Morgan fingerprint density at radius 1 is 0.970 bits per heavy atom. The fourth-order valence-corrected chi connectivity index (χ4v) is 3.84. The normalized spacial score (nSPS) is 11.3. The zero-order valence-corrected chi connectivity index (χ0v) is 19.4. The van der Waals surface area contributed by atoms with Crippen LogP contribution in [0.2, 0.25) is 0 Å². The molecule has 0 fully saturated rings. The van der Waals surface area contributed by atoms with Crippen molar-refractivity contribution in [3.63, 3.8) is 0 Å². The molecule has 0 spiro atoms. The zero-order chi connectivity index (χ0) is 24.2. The third-order valence-corrected chi connectivity index (χ3v) is 5.78. The Morgan fingerprint density at radius 3 is 2.24 bits per heavy atom. The van der Waals surface area contributed by atoms with E-state index in [2.05, 4.69) is 25.1 Å². The van der Waals surface area contributed by atoms with E-state index >= 15 is 0 Å². The number of carbonyl (C=O) groups excluding carboxylic acids is 2. The van der Waals surface area contributed by atoms with Gasteiger partial charge in [-0.1, -0.05) is 17.7 Å². The first-order chi connectivity index (χ1) is 15.5. The number of aryl methyl sites for hydroxylation is 4. The van der Waals surface area contributed by atoms with E-state index in [1.165, 1.54) is 16.8 Å². The van der Waals surface area contributed by atoms with Gasteiger partial charge in [0.05, 0.1) is 10.6 Å². The number of rotatable bonds is 8. The Kier molecular flexibility index (Phi) is 7.19. The van der Waals surface area contributed by atoms with Crippen LogP contribution < -0.4 is 10.0 Å². The van der Waals surface area contributed by atoms with Gasteiger partial charge in [0.1, 0.15) is 12.4 Å². The second-order valence-corrected chi connectivity index (χ2v) is 9.15. The van der Waals surface area contributed by atoms with Gasteiger partial charge in [-0.05, 0) is 45.9 Å². The standard InChI is InChI=1S/C21H24N6O5S/c1-13-5-7-17(8-6-13)33(30,31)22-11-20(29)32-12-19(28)25-18-10-16(4)26-27(18)21-23-14(2)9-15(3)24-21/h5-10,22H,11-12H2,1-4H3,(H,25,28). The minimum atomic E-state index is -3.88. The van der Waals surface area contributed by atoms with E-state index in [1.54, 1.807) is 25.1 Å². The van der Waals surface area contributed by atoms with Crippen molar-refractivity contribution in [3.05, 3.63) is 59.0 Å². The number of hydrogen-bond donors (Lipinski definition) is 2. The minimum Gasteiger partial charge on any atom is -0.455 e. The molecule has 1 amide bonds. The third-order valence-electron chi connectivity index (χ3n) is 4.36. The summed E-state index contributed by atoms with van der Waals surface area (Å²) in [7, 11) is -3.88. The predicted octanol–water partition coefficient (Wildman–Crippen LogP) is 1.36. The predicted molar refractivity (Wildman–Crippen MR) is 119 cm³/mol. The van der Waals surface area contributed by atoms with Gasteiger partial charge in [-0.2, -0.15) is 14.5 Å². The van der Waals surface area contributed by atoms with Gasteiger partial charge in [0.2, 0.25) is 10.0 Å². The lowest BCUT2D eigenvalue weighted by atomic mass is 10.2. The number of carbonyl (C=O) groups is 2. The van der Waals surface area contributed by atoms with Crippen LogP contribution in [0.15, 0.2) is 41.3 Å². The summed E-state index contributed by atoms with van der Waals surface area (Å²) in [4.78, 5) is 32.9. The van der Waals surface area contributed by atoms with Crippen LogP contribution >= 0.6 is 0 Å². The van der Waals surface area contributed by atoms with E-state index < -0.39 is 35.1 Å². The maximum atomic E-state index is 12.3. The molecule has 0 radical (unpaired) electrons. The van der Waals surface area contributed by atoms with Gasteiger partial charge in [-0.3, -0.25) is 9.59 Å². The van der Waals surface area contributed by atoms with Crippen molar-refractivity contribution >= 4 is 27.7 Å². The number of nitrogens with one attached hydrogen (secondary N) is 2. The first-order valence-corrected chi connectivity index (χ1v) is 11.4. The molecule has 2 heterocycles. The first kappa shape index (κ1) is 24.0. The number of anilines is 1. The van der Waals surface area contributed by atoms with E-state index in [-0.39, 0.29) is 4.90 Å². The average Bonchev–Trinajstić information content (AvgIpc) is 3.10. The van der Waals surface area contributed by atoms with Gasteiger partial charge in [-0.15, -0.1) is 0 Å².